The monoisotopic (exact) mass is 251 g/mol. The number of nitrogens with one attached hydrogen (secondary N) is 1. The van der Waals surface area contributed by atoms with Crippen molar-refractivity contribution in [3.8, 4) is 0 Å². The zero-order valence-electron chi connectivity index (χ0n) is 11.5. The molecule has 0 amide bonds. The Morgan fingerprint density at radius 3 is 2.65 bits per heavy atom. The van der Waals surface area contributed by atoms with Gasteiger partial charge in [0.2, 0.25) is 0 Å². The molecule has 0 heterocycles. The van der Waals surface area contributed by atoms with Crippen molar-refractivity contribution >= 4 is 11.8 Å². The largest absolute Gasteiger partial charge is 0.310 e. The molecule has 0 aliphatic rings. The summed E-state index contributed by atoms with van der Waals surface area (Å²) >= 11 is 1.97. The highest BCUT2D eigenvalue weighted by molar-refractivity contribution is 7.99. The summed E-state index contributed by atoms with van der Waals surface area (Å²) < 4.78 is 0. The lowest BCUT2D eigenvalue weighted by molar-refractivity contribution is 0.597. The maximum atomic E-state index is 3.45. The van der Waals surface area contributed by atoms with Gasteiger partial charge in [0, 0.05) is 10.9 Å². The lowest BCUT2D eigenvalue weighted by atomic mass is 10.1. The van der Waals surface area contributed by atoms with Gasteiger partial charge in [-0.15, -0.1) is 11.8 Å². The van der Waals surface area contributed by atoms with Gasteiger partial charge in [-0.25, -0.2) is 0 Å². The third kappa shape index (κ3) is 5.60. The van der Waals surface area contributed by atoms with E-state index in [9.17, 15) is 0 Å². The van der Waals surface area contributed by atoms with Crippen LogP contribution >= 0.6 is 11.8 Å². The number of benzene rings is 1. The molecule has 0 fully saturated rings. The van der Waals surface area contributed by atoms with Crippen molar-refractivity contribution in [3.63, 3.8) is 0 Å². The highest BCUT2D eigenvalue weighted by atomic mass is 32.2. The van der Waals surface area contributed by atoms with Crippen molar-refractivity contribution in [1.82, 2.24) is 5.32 Å². The predicted molar refractivity (Wildman–Crippen MR) is 78.7 cm³/mol. The summed E-state index contributed by atoms with van der Waals surface area (Å²) in [7, 11) is 0. The van der Waals surface area contributed by atoms with Crippen LogP contribution in [0.3, 0.4) is 0 Å². The first-order valence-corrected chi connectivity index (χ1v) is 7.58. The molecular weight excluding hydrogens is 226 g/mol. The summed E-state index contributed by atoms with van der Waals surface area (Å²) in [5, 5.41) is 3.45. The van der Waals surface area contributed by atoms with Crippen LogP contribution < -0.4 is 5.32 Å². The van der Waals surface area contributed by atoms with Gasteiger partial charge < -0.3 is 5.32 Å². The second-order valence-corrected chi connectivity index (χ2v) is 6.05. The maximum Gasteiger partial charge on any atom is 0.0292 e. The van der Waals surface area contributed by atoms with Crippen LogP contribution in [0.2, 0.25) is 0 Å². The normalized spacial score (nSPS) is 13.0. The lowest BCUT2D eigenvalue weighted by Crippen LogP contribution is -2.17. The van der Waals surface area contributed by atoms with E-state index in [1.54, 1.807) is 0 Å². The molecular formula is C15H25NS. The van der Waals surface area contributed by atoms with Gasteiger partial charge >= 0.3 is 0 Å². The molecule has 0 bridgehead atoms. The fourth-order valence-corrected chi connectivity index (χ4v) is 2.93. The average Bonchev–Trinajstić information content (AvgIpc) is 2.29. The molecule has 0 aliphatic carbocycles. The molecule has 1 unspecified atom stereocenters. The van der Waals surface area contributed by atoms with Gasteiger partial charge in [-0.05, 0) is 49.3 Å². The fourth-order valence-electron chi connectivity index (χ4n) is 1.71. The number of rotatable bonds is 7. The van der Waals surface area contributed by atoms with Crippen LogP contribution in [0.4, 0.5) is 0 Å². The molecule has 0 aromatic heterocycles. The molecule has 2 heteroatoms. The number of thioether (sulfide) groups is 1. The second-order valence-electron chi connectivity index (χ2n) is 4.88. The Morgan fingerprint density at radius 2 is 2.00 bits per heavy atom. The Hall–Kier alpha value is -0.470. The van der Waals surface area contributed by atoms with E-state index in [-0.39, 0.29) is 0 Å². The quantitative estimate of drug-likeness (QED) is 0.716. The van der Waals surface area contributed by atoms with E-state index in [0.29, 0.717) is 6.04 Å². The van der Waals surface area contributed by atoms with Crippen molar-refractivity contribution in [1.29, 1.82) is 0 Å². The van der Waals surface area contributed by atoms with E-state index in [0.717, 1.165) is 12.5 Å². The molecule has 1 aromatic rings. The third-order valence-electron chi connectivity index (χ3n) is 2.83. The summed E-state index contributed by atoms with van der Waals surface area (Å²) in [5.41, 5.74) is 1.39. The molecule has 0 aliphatic heterocycles. The van der Waals surface area contributed by atoms with Gasteiger partial charge in [0.25, 0.3) is 0 Å². The van der Waals surface area contributed by atoms with Crippen LogP contribution in [0.15, 0.2) is 29.2 Å². The van der Waals surface area contributed by atoms with Crippen molar-refractivity contribution < 1.29 is 0 Å². The van der Waals surface area contributed by atoms with Crippen LogP contribution in [-0.4, -0.2) is 12.3 Å². The van der Waals surface area contributed by atoms with E-state index < -0.39 is 0 Å². The summed E-state index contributed by atoms with van der Waals surface area (Å²) in [6.07, 6.45) is 1.29. The predicted octanol–water partition coefficient (Wildman–Crippen LogP) is 4.50. The number of hydrogen-bond donors (Lipinski definition) is 1. The summed E-state index contributed by atoms with van der Waals surface area (Å²) in [4.78, 5) is 1.40. The first kappa shape index (κ1) is 14.6. The van der Waals surface area contributed by atoms with Gasteiger partial charge in [0.05, 0.1) is 0 Å². The van der Waals surface area contributed by atoms with Crippen LogP contribution in [0.1, 0.15) is 45.7 Å². The lowest BCUT2D eigenvalue weighted by Gasteiger charge is -2.13. The van der Waals surface area contributed by atoms with Crippen molar-refractivity contribution in [2.24, 2.45) is 5.92 Å². The van der Waals surface area contributed by atoms with E-state index in [2.05, 4.69) is 57.3 Å². The number of hydrogen-bond acceptors (Lipinski definition) is 2. The van der Waals surface area contributed by atoms with Crippen molar-refractivity contribution in [2.75, 3.05) is 12.3 Å². The molecule has 0 saturated heterocycles. The molecule has 1 atom stereocenters. The Balaban J connectivity index is 2.53. The molecule has 17 heavy (non-hydrogen) atoms. The van der Waals surface area contributed by atoms with Gasteiger partial charge in [0.15, 0.2) is 0 Å². The minimum atomic E-state index is 0.450. The Morgan fingerprint density at radius 1 is 1.24 bits per heavy atom. The summed E-state index contributed by atoms with van der Waals surface area (Å²) in [5.74, 6) is 2.02. The van der Waals surface area contributed by atoms with Crippen LogP contribution in [-0.2, 0) is 0 Å². The van der Waals surface area contributed by atoms with Crippen LogP contribution in [0.25, 0.3) is 0 Å². The zero-order valence-corrected chi connectivity index (χ0v) is 12.3. The van der Waals surface area contributed by atoms with E-state index >= 15 is 0 Å². The highest BCUT2D eigenvalue weighted by Gasteiger charge is 2.04. The topological polar surface area (TPSA) is 12.0 Å². The summed E-state index contributed by atoms with van der Waals surface area (Å²) in [6, 6.07) is 9.36. The molecule has 0 radical (unpaired) electrons. The van der Waals surface area contributed by atoms with Crippen LogP contribution in [0, 0.1) is 5.92 Å². The van der Waals surface area contributed by atoms with Crippen molar-refractivity contribution in [3.05, 3.63) is 29.8 Å². The third-order valence-corrected chi connectivity index (χ3v) is 3.86. The summed E-state index contributed by atoms with van der Waals surface area (Å²) in [6.45, 7) is 9.96. The van der Waals surface area contributed by atoms with Gasteiger partial charge in [0.1, 0.15) is 0 Å². The smallest absolute Gasteiger partial charge is 0.0292 e. The first-order chi connectivity index (χ1) is 8.13. The van der Waals surface area contributed by atoms with Crippen molar-refractivity contribution in [2.45, 2.75) is 45.1 Å². The molecule has 1 nitrogen and oxygen atoms in total. The highest BCUT2D eigenvalue weighted by Crippen LogP contribution is 2.23. The Labute approximate surface area is 110 Å². The first-order valence-electron chi connectivity index (χ1n) is 6.59. The maximum absolute atomic E-state index is 3.45. The van der Waals surface area contributed by atoms with Crippen LogP contribution in [0.5, 0.6) is 0 Å². The molecule has 1 rings (SSSR count). The van der Waals surface area contributed by atoms with E-state index in [4.69, 9.17) is 0 Å². The van der Waals surface area contributed by atoms with E-state index in [1.165, 1.54) is 22.6 Å². The fraction of sp³-hybridized carbons (Fsp3) is 0.600. The minimum absolute atomic E-state index is 0.450. The van der Waals surface area contributed by atoms with Gasteiger partial charge in [-0.2, -0.15) is 0 Å². The molecule has 1 aromatic carbocycles. The molecule has 0 spiro atoms. The minimum Gasteiger partial charge on any atom is -0.310 e. The average molecular weight is 251 g/mol. The van der Waals surface area contributed by atoms with Gasteiger partial charge in [-0.3, -0.25) is 0 Å². The van der Waals surface area contributed by atoms with Gasteiger partial charge in [-0.1, -0.05) is 32.9 Å². The SMILES string of the molecule is CCNC(C)c1cccc(SCCC(C)C)c1. The van der Waals surface area contributed by atoms with E-state index in [1.807, 2.05) is 11.8 Å². The zero-order chi connectivity index (χ0) is 12.7. The standard InChI is InChI=1S/C15H25NS/c1-5-16-13(4)14-7-6-8-15(11-14)17-10-9-12(2)3/h6-8,11-13,16H,5,9-10H2,1-4H3. The molecule has 1 N–H and O–H groups in total. The molecule has 0 saturated carbocycles. The second kappa shape index (κ2) is 7.78. The Kier molecular flexibility index (Phi) is 6.68. The molecule has 96 valence electrons. The Bertz CT molecular complexity index is 322.